The summed E-state index contributed by atoms with van der Waals surface area (Å²) < 4.78 is 32.7. The second kappa shape index (κ2) is 10.2. The lowest BCUT2D eigenvalue weighted by atomic mass is 10.1. The van der Waals surface area contributed by atoms with Gasteiger partial charge in [-0.25, -0.2) is 8.42 Å². The highest BCUT2D eigenvalue weighted by Gasteiger charge is 2.34. The third-order valence-corrected chi connectivity index (χ3v) is 8.41. The number of nitrogens with zero attached hydrogens (tertiary/aromatic N) is 2. The molecule has 2 aliphatic heterocycles. The van der Waals surface area contributed by atoms with Gasteiger partial charge in [-0.2, -0.15) is 0 Å². The summed E-state index contributed by atoms with van der Waals surface area (Å²) >= 11 is 1.65. The molecule has 8 heteroatoms. The van der Waals surface area contributed by atoms with Crippen LogP contribution in [0.15, 0.2) is 58.3 Å². The van der Waals surface area contributed by atoms with Gasteiger partial charge in [-0.1, -0.05) is 38.1 Å². The van der Waals surface area contributed by atoms with Gasteiger partial charge in [0.1, 0.15) is 6.29 Å². The van der Waals surface area contributed by atoms with Crippen LogP contribution in [-0.2, 0) is 14.8 Å². The average Bonchev–Trinajstić information content (AvgIpc) is 2.90. The first-order valence-corrected chi connectivity index (χ1v) is 12.6. The largest absolute Gasteiger partial charge is 0.379 e. The highest BCUT2D eigenvalue weighted by atomic mass is 32.2. The summed E-state index contributed by atoms with van der Waals surface area (Å²) in [5.74, 6) is 0. The van der Waals surface area contributed by atoms with Gasteiger partial charge in [-0.05, 0) is 37.7 Å². The van der Waals surface area contributed by atoms with Crippen molar-refractivity contribution in [2.45, 2.75) is 34.8 Å². The van der Waals surface area contributed by atoms with E-state index in [1.807, 2.05) is 6.07 Å². The van der Waals surface area contributed by atoms with Crippen LogP contribution in [0.4, 0.5) is 5.69 Å². The van der Waals surface area contributed by atoms with Crippen LogP contribution in [0.2, 0.25) is 0 Å². The maximum Gasteiger partial charge on any atom is 0.264 e. The van der Waals surface area contributed by atoms with Crippen molar-refractivity contribution in [3.63, 3.8) is 0 Å². The van der Waals surface area contributed by atoms with Gasteiger partial charge >= 0.3 is 0 Å². The Hall–Kier alpha value is -1.87. The van der Waals surface area contributed by atoms with Crippen molar-refractivity contribution in [1.29, 1.82) is 0 Å². The first-order valence-electron chi connectivity index (χ1n) is 10.4. The molecule has 168 valence electrons. The Balaban J connectivity index is 0.000000330. The van der Waals surface area contributed by atoms with Gasteiger partial charge in [0.05, 0.1) is 23.8 Å². The van der Waals surface area contributed by atoms with Crippen molar-refractivity contribution in [3.8, 4) is 0 Å². The molecule has 0 spiro atoms. The van der Waals surface area contributed by atoms with Crippen LogP contribution >= 0.6 is 11.8 Å². The van der Waals surface area contributed by atoms with Gasteiger partial charge in [-0.15, -0.1) is 11.8 Å². The number of likely N-dealkylation sites (N-methyl/N-ethyl adjacent to an activating group) is 1. The molecule has 1 fully saturated rings. The third kappa shape index (κ3) is 6.10. The maximum absolute atomic E-state index is 13.1. The van der Waals surface area contributed by atoms with E-state index in [4.69, 9.17) is 4.74 Å². The van der Waals surface area contributed by atoms with Crippen molar-refractivity contribution in [2.24, 2.45) is 0 Å². The minimum atomic E-state index is -3.67. The van der Waals surface area contributed by atoms with Gasteiger partial charge in [0.25, 0.3) is 10.0 Å². The van der Waals surface area contributed by atoms with Crippen molar-refractivity contribution >= 4 is 33.8 Å². The quantitative estimate of drug-likeness (QED) is 0.644. The molecule has 2 aromatic rings. The fraction of sp³-hybridized carbons (Fsp3) is 0.435. The summed E-state index contributed by atoms with van der Waals surface area (Å²) in [6, 6.07) is 13.6. The van der Waals surface area contributed by atoms with Crippen molar-refractivity contribution in [1.82, 2.24) is 4.90 Å². The predicted molar refractivity (Wildman–Crippen MR) is 126 cm³/mol. The van der Waals surface area contributed by atoms with E-state index in [1.54, 1.807) is 54.2 Å². The summed E-state index contributed by atoms with van der Waals surface area (Å²) in [5.41, 5.74) is 1.06. The van der Waals surface area contributed by atoms with Crippen LogP contribution in [0.3, 0.4) is 0 Å². The van der Waals surface area contributed by atoms with Crippen molar-refractivity contribution in [2.75, 3.05) is 44.2 Å². The topological polar surface area (TPSA) is 66.9 Å². The molecule has 0 atom stereocenters. The molecule has 0 bridgehead atoms. The van der Waals surface area contributed by atoms with E-state index in [0.717, 1.165) is 43.9 Å². The van der Waals surface area contributed by atoms with E-state index in [-0.39, 0.29) is 9.64 Å². The second-order valence-electron chi connectivity index (χ2n) is 8.26. The molecule has 0 N–H and O–H groups in total. The SMILES string of the molecule is CC1(C)CCN(S(=O)(=O)c2ccccc2)c2cc(C=O)ccc2S1.CN1CCOCC1. The molecule has 6 nitrogen and oxygen atoms in total. The van der Waals surface area contributed by atoms with E-state index in [1.165, 1.54) is 4.31 Å². The van der Waals surface area contributed by atoms with E-state index in [9.17, 15) is 13.2 Å². The lowest BCUT2D eigenvalue weighted by Crippen LogP contribution is -2.33. The number of fused-ring (bicyclic) bond motifs is 1. The molecule has 2 aromatic carbocycles. The Bertz CT molecular complexity index is 988. The fourth-order valence-corrected chi connectivity index (χ4v) is 6.11. The number of morpholine rings is 1. The highest BCUT2D eigenvalue weighted by Crippen LogP contribution is 2.45. The average molecular weight is 463 g/mol. The van der Waals surface area contributed by atoms with Gasteiger partial charge in [0, 0.05) is 34.8 Å². The number of hydrogen-bond acceptors (Lipinski definition) is 6. The zero-order chi connectivity index (χ0) is 22.5. The summed E-state index contributed by atoms with van der Waals surface area (Å²) in [5, 5.41) is 0. The molecule has 2 heterocycles. The molecule has 0 aromatic heterocycles. The molecular formula is C23H30N2O4S2. The number of hydrogen-bond donors (Lipinski definition) is 0. The van der Waals surface area contributed by atoms with E-state index in [2.05, 4.69) is 25.8 Å². The van der Waals surface area contributed by atoms with Crippen LogP contribution in [0.5, 0.6) is 0 Å². The number of anilines is 1. The molecule has 31 heavy (non-hydrogen) atoms. The molecular weight excluding hydrogens is 432 g/mol. The minimum Gasteiger partial charge on any atom is -0.379 e. The van der Waals surface area contributed by atoms with Crippen molar-refractivity contribution < 1.29 is 17.9 Å². The smallest absolute Gasteiger partial charge is 0.264 e. The Morgan fingerprint density at radius 1 is 1.03 bits per heavy atom. The number of benzene rings is 2. The fourth-order valence-electron chi connectivity index (χ4n) is 3.35. The van der Waals surface area contributed by atoms with Gasteiger partial charge < -0.3 is 9.64 Å². The van der Waals surface area contributed by atoms with Gasteiger partial charge in [0.15, 0.2) is 0 Å². The first kappa shape index (κ1) is 23.8. The molecule has 2 aliphatic rings. The highest BCUT2D eigenvalue weighted by molar-refractivity contribution is 8.01. The summed E-state index contributed by atoms with van der Waals surface area (Å²) in [6.45, 7) is 8.61. The summed E-state index contributed by atoms with van der Waals surface area (Å²) in [7, 11) is -1.56. The maximum atomic E-state index is 13.1. The molecule has 0 unspecified atom stereocenters. The molecule has 4 rings (SSSR count). The Morgan fingerprint density at radius 3 is 2.29 bits per heavy atom. The zero-order valence-corrected chi connectivity index (χ0v) is 19.9. The van der Waals surface area contributed by atoms with Crippen molar-refractivity contribution in [3.05, 3.63) is 54.1 Å². The molecule has 0 amide bonds. The lowest BCUT2D eigenvalue weighted by molar-refractivity contribution is 0.0503. The number of thioether (sulfide) groups is 1. The monoisotopic (exact) mass is 462 g/mol. The summed E-state index contributed by atoms with van der Waals surface area (Å²) in [6.07, 6.45) is 1.46. The standard InChI is InChI=1S/C18H19NO3S2.C5H11NO/c1-18(2)10-11-19(24(21,22)15-6-4-3-5-7-15)16-12-14(13-20)8-9-17(16)23-18;1-6-2-4-7-5-3-6/h3-9,12-13H,10-11H2,1-2H3;2-5H2,1H3. The zero-order valence-electron chi connectivity index (χ0n) is 18.3. The van der Waals surface area contributed by atoms with Crippen LogP contribution in [0.25, 0.3) is 0 Å². The molecule has 0 radical (unpaired) electrons. The van der Waals surface area contributed by atoms with Crippen LogP contribution < -0.4 is 4.31 Å². The van der Waals surface area contributed by atoms with Gasteiger partial charge in [-0.3, -0.25) is 9.10 Å². The molecule has 0 aliphatic carbocycles. The normalized spacial score (nSPS) is 18.9. The van der Waals surface area contributed by atoms with Crippen LogP contribution in [0.1, 0.15) is 30.6 Å². The van der Waals surface area contributed by atoms with Gasteiger partial charge in [0.2, 0.25) is 0 Å². The van der Waals surface area contributed by atoms with Crippen LogP contribution in [0, 0.1) is 0 Å². The number of ether oxygens (including phenoxy) is 1. The van der Waals surface area contributed by atoms with Crippen LogP contribution in [-0.4, -0.2) is 64.2 Å². The van der Waals surface area contributed by atoms with E-state index < -0.39 is 10.0 Å². The minimum absolute atomic E-state index is 0.0849. The number of sulfonamides is 1. The number of carbonyl (C=O) groups is 1. The molecule has 0 saturated carbocycles. The molecule has 1 saturated heterocycles. The number of rotatable bonds is 3. The predicted octanol–water partition coefficient (Wildman–Crippen LogP) is 3.92. The number of aldehydes is 1. The second-order valence-corrected chi connectivity index (χ2v) is 11.9. The number of carbonyl (C=O) groups excluding carboxylic acids is 1. The lowest BCUT2D eigenvalue weighted by Gasteiger charge is -2.25. The Labute approximate surface area is 189 Å². The van der Waals surface area contributed by atoms with E-state index >= 15 is 0 Å². The summed E-state index contributed by atoms with van der Waals surface area (Å²) in [4.78, 5) is 14.6. The van der Waals surface area contributed by atoms with E-state index in [0.29, 0.717) is 17.8 Å². The first-order chi connectivity index (χ1) is 14.7. The Morgan fingerprint density at radius 2 is 1.71 bits per heavy atom. The third-order valence-electron chi connectivity index (χ3n) is 5.26. The Kier molecular flexibility index (Phi) is 7.80.